The van der Waals surface area contributed by atoms with Gasteiger partial charge in [-0.15, -0.1) is 0 Å². The van der Waals surface area contributed by atoms with Gasteiger partial charge in [-0.1, -0.05) is 32.3 Å². The summed E-state index contributed by atoms with van der Waals surface area (Å²) >= 11 is 0. The maximum Gasteiger partial charge on any atom is 0.0602 e. The van der Waals surface area contributed by atoms with Crippen LogP contribution in [0.1, 0.15) is 78.6 Å². The minimum absolute atomic E-state index is 0.129. The van der Waals surface area contributed by atoms with Crippen LogP contribution in [0.3, 0.4) is 0 Å². The fourth-order valence-electron chi connectivity index (χ4n) is 8.86. The first-order valence-electron chi connectivity index (χ1n) is 12.3. The lowest BCUT2D eigenvalue weighted by Crippen LogP contribution is -2.62. The highest BCUT2D eigenvalue weighted by atomic mass is 16.3. The Bertz CT molecular complexity index is 683. The average Bonchev–Trinajstić information content (AvgIpc) is 3.06. The van der Waals surface area contributed by atoms with Crippen LogP contribution >= 0.6 is 0 Å². The lowest BCUT2D eigenvalue weighted by molar-refractivity contribution is -0.207. The molecule has 4 fully saturated rings. The Kier molecular flexibility index (Phi) is 6.17. The molecule has 4 saturated carbocycles. The number of rotatable bonds is 5. The molecule has 30 heavy (non-hydrogen) atoms. The van der Waals surface area contributed by atoms with Gasteiger partial charge in [0.2, 0.25) is 0 Å². The van der Waals surface area contributed by atoms with Gasteiger partial charge in [-0.05, 0) is 103 Å². The molecule has 6 heteroatoms. The van der Waals surface area contributed by atoms with Crippen molar-refractivity contribution in [1.29, 1.82) is 0 Å². The van der Waals surface area contributed by atoms with Gasteiger partial charge in [0.25, 0.3) is 0 Å². The molecule has 0 aromatic rings. The van der Waals surface area contributed by atoms with E-state index in [1.165, 1.54) is 0 Å². The summed E-state index contributed by atoms with van der Waals surface area (Å²) in [6.07, 6.45) is 7.55. The van der Waals surface area contributed by atoms with Crippen LogP contribution in [0.25, 0.3) is 10.4 Å². The molecule has 3 N–H and O–H groups in total. The minimum Gasteiger partial charge on any atom is -0.393 e. The van der Waals surface area contributed by atoms with E-state index in [1.807, 2.05) is 0 Å². The van der Waals surface area contributed by atoms with Crippen molar-refractivity contribution in [2.45, 2.75) is 96.9 Å². The van der Waals surface area contributed by atoms with Crippen LogP contribution in [0.2, 0.25) is 0 Å². The Morgan fingerprint density at radius 3 is 2.57 bits per heavy atom. The molecule has 6 nitrogen and oxygen atoms in total. The molecule has 4 rings (SSSR count). The van der Waals surface area contributed by atoms with E-state index in [2.05, 4.69) is 30.8 Å². The summed E-state index contributed by atoms with van der Waals surface area (Å²) in [5.74, 6) is 2.30. The standard InChI is InChI=1S/C24H41N3O3/c1-14(5-4-10-26-27-25)17-6-7-18-22-19(13-21(30)24(17,18)3)23(2)9-8-16(28)11-15(23)12-20(22)29/h14-22,28-30H,4-13H2,1-3H3/t14-,15+,16-,17-,18+,19+,20-,21+,22+,23+,24-/m1/s1. The SMILES string of the molecule is C[C@H](CCCN=[N+]=[N-])[C@H]1CC[C@H]2[C@@H]3[C@H](O)C[C@@H]4C[C@H](O)CC[C@]4(C)[C@H]3C[C@H](O)[C@]12C. The first-order valence-corrected chi connectivity index (χ1v) is 12.3. The summed E-state index contributed by atoms with van der Waals surface area (Å²) < 4.78 is 0. The van der Waals surface area contributed by atoms with E-state index in [9.17, 15) is 15.3 Å². The molecule has 0 spiro atoms. The molecular formula is C24H41N3O3. The van der Waals surface area contributed by atoms with Crippen molar-refractivity contribution in [3.63, 3.8) is 0 Å². The van der Waals surface area contributed by atoms with E-state index in [4.69, 9.17) is 5.53 Å². The largest absolute Gasteiger partial charge is 0.393 e. The molecule has 0 bridgehead atoms. The minimum atomic E-state index is -0.328. The summed E-state index contributed by atoms with van der Waals surface area (Å²) in [6.45, 7) is 7.52. The lowest BCUT2D eigenvalue weighted by atomic mass is 9.43. The molecule has 0 heterocycles. The number of nitrogens with zero attached hydrogens (tertiary/aromatic N) is 3. The second kappa shape index (κ2) is 8.27. The van der Waals surface area contributed by atoms with Crippen molar-refractivity contribution in [2.24, 2.45) is 51.5 Å². The van der Waals surface area contributed by atoms with Crippen molar-refractivity contribution in [3.05, 3.63) is 10.4 Å². The Balaban J connectivity index is 1.56. The quantitative estimate of drug-likeness (QED) is 0.260. The first-order chi connectivity index (χ1) is 14.2. The highest BCUT2D eigenvalue weighted by Crippen LogP contribution is 2.68. The molecule has 4 aliphatic carbocycles. The predicted octanol–water partition coefficient (Wildman–Crippen LogP) is 4.67. The number of azide groups is 1. The van der Waals surface area contributed by atoms with Crippen LogP contribution < -0.4 is 0 Å². The summed E-state index contributed by atoms with van der Waals surface area (Å²) in [5.41, 5.74) is 8.50. The van der Waals surface area contributed by atoms with E-state index >= 15 is 0 Å². The molecule has 0 unspecified atom stereocenters. The fraction of sp³-hybridized carbons (Fsp3) is 1.00. The molecular weight excluding hydrogens is 378 g/mol. The highest BCUT2D eigenvalue weighted by molar-refractivity contribution is 5.14. The second-order valence-electron chi connectivity index (χ2n) is 11.6. The van der Waals surface area contributed by atoms with Gasteiger partial charge in [-0.3, -0.25) is 0 Å². The first kappa shape index (κ1) is 22.4. The molecule has 170 valence electrons. The van der Waals surface area contributed by atoms with Gasteiger partial charge in [-0.25, -0.2) is 0 Å². The van der Waals surface area contributed by atoms with E-state index in [0.717, 1.165) is 57.8 Å². The summed E-state index contributed by atoms with van der Waals surface area (Å²) in [5, 5.41) is 36.8. The van der Waals surface area contributed by atoms with Gasteiger partial charge < -0.3 is 15.3 Å². The normalized spacial score (nSPS) is 51.3. The predicted molar refractivity (Wildman–Crippen MR) is 116 cm³/mol. The van der Waals surface area contributed by atoms with E-state index in [-0.39, 0.29) is 35.1 Å². The molecule has 4 aliphatic rings. The maximum atomic E-state index is 11.6. The summed E-state index contributed by atoms with van der Waals surface area (Å²) in [4.78, 5) is 2.86. The average molecular weight is 420 g/mol. The Morgan fingerprint density at radius 2 is 1.83 bits per heavy atom. The van der Waals surface area contributed by atoms with Crippen LogP contribution in [0.4, 0.5) is 0 Å². The van der Waals surface area contributed by atoms with Gasteiger partial charge in [0, 0.05) is 11.5 Å². The zero-order chi connectivity index (χ0) is 21.7. The maximum absolute atomic E-state index is 11.6. The van der Waals surface area contributed by atoms with Crippen molar-refractivity contribution in [3.8, 4) is 0 Å². The number of fused-ring (bicyclic) bond motifs is 5. The van der Waals surface area contributed by atoms with E-state index in [0.29, 0.717) is 36.1 Å². The number of hydrogen-bond acceptors (Lipinski definition) is 4. The number of hydrogen-bond donors (Lipinski definition) is 3. The van der Waals surface area contributed by atoms with Crippen molar-refractivity contribution < 1.29 is 15.3 Å². The van der Waals surface area contributed by atoms with Crippen molar-refractivity contribution in [1.82, 2.24) is 0 Å². The van der Waals surface area contributed by atoms with Gasteiger partial charge in [0.05, 0.1) is 18.3 Å². The second-order valence-corrected chi connectivity index (χ2v) is 11.6. The smallest absolute Gasteiger partial charge is 0.0602 e. The topological polar surface area (TPSA) is 109 Å². The molecule has 0 aromatic carbocycles. The van der Waals surface area contributed by atoms with E-state index in [1.54, 1.807) is 0 Å². The Labute approximate surface area is 181 Å². The highest BCUT2D eigenvalue weighted by Gasteiger charge is 2.65. The monoisotopic (exact) mass is 419 g/mol. The summed E-state index contributed by atoms with van der Waals surface area (Å²) in [7, 11) is 0. The number of aliphatic hydroxyl groups excluding tert-OH is 3. The van der Waals surface area contributed by atoms with Crippen LogP contribution in [0.15, 0.2) is 5.11 Å². The van der Waals surface area contributed by atoms with Crippen molar-refractivity contribution >= 4 is 0 Å². The molecule has 0 aliphatic heterocycles. The zero-order valence-corrected chi connectivity index (χ0v) is 19.0. The molecule has 11 atom stereocenters. The van der Waals surface area contributed by atoms with Gasteiger partial charge in [0.1, 0.15) is 0 Å². The fourth-order valence-corrected chi connectivity index (χ4v) is 8.86. The Hall–Kier alpha value is -0.810. The third-order valence-corrected chi connectivity index (χ3v) is 10.5. The van der Waals surface area contributed by atoms with Crippen LogP contribution in [-0.4, -0.2) is 40.2 Å². The van der Waals surface area contributed by atoms with Gasteiger partial charge >= 0.3 is 0 Å². The lowest BCUT2D eigenvalue weighted by Gasteiger charge is -2.63. The van der Waals surface area contributed by atoms with Gasteiger partial charge in [-0.2, -0.15) is 0 Å². The molecule has 0 amide bonds. The van der Waals surface area contributed by atoms with Gasteiger partial charge in [0.15, 0.2) is 0 Å². The van der Waals surface area contributed by atoms with Crippen molar-refractivity contribution in [2.75, 3.05) is 6.54 Å². The molecule has 0 radical (unpaired) electrons. The Morgan fingerprint density at radius 1 is 1.07 bits per heavy atom. The van der Waals surface area contributed by atoms with Crippen LogP contribution in [0.5, 0.6) is 0 Å². The third kappa shape index (κ3) is 3.39. The van der Waals surface area contributed by atoms with Crippen LogP contribution in [-0.2, 0) is 0 Å². The van der Waals surface area contributed by atoms with Crippen LogP contribution in [0, 0.1) is 46.3 Å². The zero-order valence-electron chi connectivity index (χ0n) is 19.0. The number of aliphatic hydroxyl groups is 3. The third-order valence-electron chi connectivity index (χ3n) is 10.5. The molecule has 0 saturated heterocycles. The summed E-state index contributed by atoms with van der Waals surface area (Å²) in [6, 6.07) is 0. The van der Waals surface area contributed by atoms with E-state index < -0.39 is 0 Å². The molecule has 0 aromatic heterocycles.